The summed E-state index contributed by atoms with van der Waals surface area (Å²) in [6.07, 6.45) is -0.234. The molecule has 0 aliphatic carbocycles. The third-order valence-electron chi connectivity index (χ3n) is 2.60. The summed E-state index contributed by atoms with van der Waals surface area (Å²) in [7, 11) is 2.97. The lowest BCUT2D eigenvalue weighted by molar-refractivity contribution is -0.137. The number of carbonyl (C=O) groups is 1. The van der Waals surface area contributed by atoms with Gasteiger partial charge in [-0.15, -0.1) is 0 Å². The number of methoxy groups -OCH3 is 2. The monoisotopic (exact) mass is 273 g/mol. The summed E-state index contributed by atoms with van der Waals surface area (Å²) in [4.78, 5) is 10.7. The lowest BCUT2D eigenvalue weighted by atomic mass is 10.0. The highest BCUT2D eigenvalue weighted by atomic mass is 35.5. The quantitative estimate of drug-likeness (QED) is 0.859. The first-order chi connectivity index (χ1) is 8.42. The van der Waals surface area contributed by atoms with E-state index in [0.29, 0.717) is 22.1 Å². The molecule has 1 aromatic carbocycles. The molecule has 0 spiro atoms. The van der Waals surface area contributed by atoms with Crippen LogP contribution in [0.15, 0.2) is 6.07 Å². The minimum Gasteiger partial charge on any atom is -0.496 e. The van der Waals surface area contributed by atoms with Gasteiger partial charge in [0, 0.05) is 11.6 Å². The number of halogens is 1. The van der Waals surface area contributed by atoms with Crippen molar-refractivity contribution in [2.75, 3.05) is 14.2 Å². The fourth-order valence-corrected chi connectivity index (χ4v) is 2.26. The second-order valence-electron chi connectivity index (χ2n) is 3.86. The number of aryl methyl sites for hydroxylation is 1. The van der Waals surface area contributed by atoms with Crippen molar-refractivity contribution in [2.24, 2.45) is 5.73 Å². The fraction of sp³-hybridized carbons (Fsp3) is 0.417. The molecule has 5 nitrogen and oxygen atoms in total. The van der Waals surface area contributed by atoms with E-state index < -0.39 is 12.0 Å². The number of rotatable bonds is 5. The van der Waals surface area contributed by atoms with Gasteiger partial charge in [0.2, 0.25) is 0 Å². The molecule has 0 aliphatic rings. The molecule has 0 heterocycles. The van der Waals surface area contributed by atoms with Crippen molar-refractivity contribution in [3.05, 3.63) is 22.2 Å². The van der Waals surface area contributed by atoms with Gasteiger partial charge in [-0.1, -0.05) is 11.6 Å². The van der Waals surface area contributed by atoms with Gasteiger partial charge >= 0.3 is 5.97 Å². The molecule has 18 heavy (non-hydrogen) atoms. The third-order valence-corrected chi connectivity index (χ3v) is 2.97. The van der Waals surface area contributed by atoms with Gasteiger partial charge in [0.1, 0.15) is 11.5 Å². The fourth-order valence-electron chi connectivity index (χ4n) is 1.80. The Morgan fingerprint density at radius 1 is 1.50 bits per heavy atom. The normalized spacial score (nSPS) is 12.1. The van der Waals surface area contributed by atoms with Crippen LogP contribution in [-0.2, 0) is 4.79 Å². The maximum atomic E-state index is 10.7. The van der Waals surface area contributed by atoms with Crippen LogP contribution in [-0.4, -0.2) is 25.3 Å². The third kappa shape index (κ3) is 2.86. The Kier molecular flexibility index (Phi) is 4.81. The van der Waals surface area contributed by atoms with Crippen molar-refractivity contribution in [2.45, 2.75) is 19.4 Å². The maximum absolute atomic E-state index is 10.7. The number of carboxylic acids is 1. The molecule has 100 valence electrons. The lowest BCUT2D eigenvalue weighted by Gasteiger charge is -2.19. The molecule has 0 bridgehead atoms. The van der Waals surface area contributed by atoms with E-state index in [0.717, 1.165) is 5.56 Å². The molecular weight excluding hydrogens is 258 g/mol. The summed E-state index contributed by atoms with van der Waals surface area (Å²) >= 11 is 6.20. The largest absolute Gasteiger partial charge is 0.496 e. The topological polar surface area (TPSA) is 81.8 Å². The van der Waals surface area contributed by atoms with Gasteiger partial charge in [0.25, 0.3) is 0 Å². The Bertz CT molecular complexity index is 462. The first kappa shape index (κ1) is 14.6. The predicted molar refractivity (Wildman–Crippen MR) is 68.5 cm³/mol. The standard InChI is InChI=1S/C12H16ClNO4/c1-6-4-8(17-2)10(7(14)5-9(15)16)11(13)12(6)18-3/h4,7H,5,14H2,1-3H3,(H,15,16). The number of hydrogen-bond donors (Lipinski definition) is 2. The molecular formula is C12H16ClNO4. The highest BCUT2D eigenvalue weighted by molar-refractivity contribution is 6.33. The number of aliphatic carboxylic acids is 1. The number of carboxylic acid groups (broad SMARTS) is 1. The number of benzene rings is 1. The molecule has 6 heteroatoms. The summed E-state index contributed by atoms with van der Waals surface area (Å²) in [5.74, 6) is -0.0551. The Morgan fingerprint density at radius 2 is 2.11 bits per heavy atom. The first-order valence-corrected chi connectivity index (χ1v) is 5.68. The van der Waals surface area contributed by atoms with Gasteiger partial charge in [-0.3, -0.25) is 4.79 Å². The van der Waals surface area contributed by atoms with Crippen LogP contribution in [0.2, 0.25) is 5.02 Å². The lowest BCUT2D eigenvalue weighted by Crippen LogP contribution is -2.17. The van der Waals surface area contributed by atoms with Crippen molar-refractivity contribution in [3.63, 3.8) is 0 Å². The second kappa shape index (κ2) is 5.93. The maximum Gasteiger partial charge on any atom is 0.305 e. The van der Waals surface area contributed by atoms with E-state index in [9.17, 15) is 4.79 Å². The number of hydrogen-bond acceptors (Lipinski definition) is 4. The molecule has 3 N–H and O–H groups in total. The predicted octanol–water partition coefficient (Wildman–Crippen LogP) is 2.14. The van der Waals surface area contributed by atoms with E-state index in [1.807, 2.05) is 6.92 Å². The van der Waals surface area contributed by atoms with Crippen LogP contribution in [0.5, 0.6) is 11.5 Å². The first-order valence-electron chi connectivity index (χ1n) is 5.30. The molecule has 0 amide bonds. The van der Waals surface area contributed by atoms with Crippen molar-refractivity contribution < 1.29 is 19.4 Å². The number of nitrogens with two attached hydrogens (primary N) is 1. The van der Waals surface area contributed by atoms with Crippen molar-refractivity contribution in [1.82, 2.24) is 0 Å². The Morgan fingerprint density at radius 3 is 2.56 bits per heavy atom. The van der Waals surface area contributed by atoms with Crippen LogP contribution in [0.4, 0.5) is 0 Å². The van der Waals surface area contributed by atoms with Crippen molar-refractivity contribution in [3.8, 4) is 11.5 Å². The number of ether oxygens (including phenoxy) is 2. The summed E-state index contributed by atoms with van der Waals surface area (Å²) in [5, 5.41) is 9.08. The van der Waals surface area contributed by atoms with E-state index in [2.05, 4.69) is 0 Å². The Labute approximate surface area is 110 Å². The molecule has 1 rings (SSSR count). The van der Waals surface area contributed by atoms with Gasteiger partial charge in [0.15, 0.2) is 0 Å². The zero-order chi connectivity index (χ0) is 13.9. The SMILES string of the molecule is COc1cc(C)c(OC)c(Cl)c1C(N)CC(=O)O. The molecule has 1 unspecified atom stereocenters. The molecule has 1 atom stereocenters. The van der Waals surface area contributed by atoms with E-state index in [4.69, 9.17) is 31.9 Å². The van der Waals surface area contributed by atoms with E-state index in [1.165, 1.54) is 14.2 Å². The van der Waals surface area contributed by atoms with Crippen LogP contribution < -0.4 is 15.2 Å². The van der Waals surface area contributed by atoms with Crippen LogP contribution in [0.1, 0.15) is 23.6 Å². The molecule has 0 fully saturated rings. The second-order valence-corrected chi connectivity index (χ2v) is 4.24. The Hall–Kier alpha value is -1.46. The summed E-state index contributed by atoms with van der Waals surface area (Å²) in [6, 6.07) is 0.973. The molecule has 0 aliphatic heterocycles. The molecule has 0 aromatic heterocycles. The highest BCUT2D eigenvalue weighted by Crippen LogP contribution is 2.41. The van der Waals surface area contributed by atoms with Crippen LogP contribution in [0.3, 0.4) is 0 Å². The average molecular weight is 274 g/mol. The zero-order valence-electron chi connectivity index (χ0n) is 10.5. The van der Waals surface area contributed by atoms with E-state index in [1.54, 1.807) is 6.07 Å². The molecule has 0 saturated heterocycles. The van der Waals surface area contributed by atoms with E-state index >= 15 is 0 Å². The van der Waals surface area contributed by atoms with Gasteiger partial charge in [-0.05, 0) is 18.6 Å². The highest BCUT2D eigenvalue weighted by Gasteiger charge is 2.23. The summed E-state index contributed by atoms with van der Waals surface area (Å²) in [6.45, 7) is 1.82. The van der Waals surface area contributed by atoms with Gasteiger partial charge in [0.05, 0.1) is 25.7 Å². The van der Waals surface area contributed by atoms with Gasteiger partial charge in [-0.25, -0.2) is 0 Å². The molecule has 0 saturated carbocycles. The van der Waals surface area contributed by atoms with Crippen LogP contribution in [0.25, 0.3) is 0 Å². The van der Waals surface area contributed by atoms with Crippen molar-refractivity contribution in [1.29, 1.82) is 0 Å². The van der Waals surface area contributed by atoms with E-state index in [-0.39, 0.29) is 6.42 Å². The molecule has 1 aromatic rings. The minimum atomic E-state index is -1.000. The average Bonchev–Trinajstić information content (AvgIpc) is 2.27. The van der Waals surface area contributed by atoms with Gasteiger partial charge in [-0.2, -0.15) is 0 Å². The smallest absolute Gasteiger partial charge is 0.305 e. The van der Waals surface area contributed by atoms with Crippen LogP contribution >= 0.6 is 11.6 Å². The summed E-state index contributed by atoms with van der Waals surface area (Å²) in [5.41, 5.74) is 7.09. The molecule has 0 radical (unpaired) electrons. The Balaban J connectivity index is 3.35. The van der Waals surface area contributed by atoms with Crippen molar-refractivity contribution >= 4 is 17.6 Å². The minimum absolute atomic E-state index is 0.234. The van der Waals surface area contributed by atoms with Crippen LogP contribution in [0, 0.1) is 6.92 Å². The summed E-state index contributed by atoms with van der Waals surface area (Å²) < 4.78 is 10.4. The zero-order valence-corrected chi connectivity index (χ0v) is 11.2. The van der Waals surface area contributed by atoms with Gasteiger partial charge < -0.3 is 20.3 Å².